The Labute approximate surface area is 152 Å². The van der Waals surface area contributed by atoms with Gasteiger partial charge >= 0.3 is 0 Å². The molecule has 1 aliphatic carbocycles. The van der Waals surface area contributed by atoms with Gasteiger partial charge in [0, 0.05) is 35.4 Å². The van der Waals surface area contributed by atoms with Crippen LogP contribution in [0.25, 0.3) is 11.4 Å². The Bertz CT molecular complexity index is 1010. The number of aryl methyl sites for hydroxylation is 1. The molecular weight excluding hydrogens is 348 g/mol. The Kier molecular flexibility index (Phi) is 4.48. The predicted molar refractivity (Wildman–Crippen MR) is 97.7 cm³/mol. The highest BCUT2D eigenvalue weighted by atomic mass is 32.2. The second-order valence-electron chi connectivity index (χ2n) is 6.22. The first kappa shape index (κ1) is 16.8. The predicted octanol–water partition coefficient (Wildman–Crippen LogP) is 2.89. The van der Waals surface area contributed by atoms with E-state index < -0.39 is 10.0 Å². The molecule has 0 saturated heterocycles. The molecule has 1 aromatic carbocycles. The van der Waals surface area contributed by atoms with E-state index in [1.54, 1.807) is 18.5 Å². The van der Waals surface area contributed by atoms with E-state index in [0.29, 0.717) is 5.82 Å². The number of rotatable bonds is 4. The number of nitrogens with one attached hydrogen (secondary N) is 1. The van der Waals surface area contributed by atoms with Crippen LogP contribution in [0.3, 0.4) is 0 Å². The molecule has 6 nitrogen and oxygen atoms in total. The second kappa shape index (κ2) is 6.93. The number of sulfonamides is 1. The minimum atomic E-state index is -3.63. The van der Waals surface area contributed by atoms with Crippen molar-refractivity contribution >= 4 is 10.0 Å². The molecule has 1 aliphatic rings. The number of fused-ring (bicyclic) bond motifs is 1. The summed E-state index contributed by atoms with van der Waals surface area (Å²) in [6, 6.07) is 12.6. The van der Waals surface area contributed by atoms with Gasteiger partial charge in [-0.1, -0.05) is 30.3 Å². The van der Waals surface area contributed by atoms with Gasteiger partial charge in [-0.2, -0.15) is 0 Å². The van der Waals surface area contributed by atoms with Crippen LogP contribution in [-0.4, -0.2) is 23.4 Å². The minimum absolute atomic E-state index is 0.161. The van der Waals surface area contributed by atoms with Crippen LogP contribution in [-0.2, 0) is 16.4 Å². The molecule has 3 aromatic rings. The smallest absolute Gasteiger partial charge is 0.242 e. The highest BCUT2D eigenvalue weighted by molar-refractivity contribution is 7.89. The molecule has 0 spiro atoms. The molecule has 0 radical (unpaired) electrons. The summed E-state index contributed by atoms with van der Waals surface area (Å²) in [6.07, 6.45) is 7.07. The Balaban J connectivity index is 1.64. The van der Waals surface area contributed by atoms with Crippen LogP contribution in [0.2, 0.25) is 0 Å². The van der Waals surface area contributed by atoms with Gasteiger partial charge in [0.15, 0.2) is 5.82 Å². The van der Waals surface area contributed by atoms with Gasteiger partial charge in [0.1, 0.15) is 4.90 Å². The molecule has 2 heterocycles. The fourth-order valence-electron chi connectivity index (χ4n) is 3.16. The van der Waals surface area contributed by atoms with Crippen LogP contribution in [0, 0.1) is 0 Å². The van der Waals surface area contributed by atoms with E-state index in [1.807, 2.05) is 30.3 Å². The van der Waals surface area contributed by atoms with Crippen molar-refractivity contribution < 1.29 is 8.42 Å². The summed E-state index contributed by atoms with van der Waals surface area (Å²) in [6.45, 7) is 0. The number of pyridine rings is 1. The maximum atomic E-state index is 12.6. The van der Waals surface area contributed by atoms with Crippen LogP contribution in [0.5, 0.6) is 0 Å². The molecule has 26 heavy (non-hydrogen) atoms. The lowest BCUT2D eigenvalue weighted by molar-refractivity contribution is 0.500. The number of aromatic nitrogens is 3. The molecule has 132 valence electrons. The zero-order valence-corrected chi connectivity index (χ0v) is 14.9. The third kappa shape index (κ3) is 3.36. The Morgan fingerprint density at radius 3 is 2.65 bits per heavy atom. The van der Waals surface area contributed by atoms with E-state index >= 15 is 0 Å². The summed E-state index contributed by atoms with van der Waals surface area (Å²) in [7, 11) is -3.63. The van der Waals surface area contributed by atoms with Gasteiger partial charge in [-0.25, -0.2) is 23.1 Å². The average Bonchev–Trinajstić information content (AvgIpc) is 2.69. The largest absolute Gasteiger partial charge is 0.263 e. The summed E-state index contributed by atoms with van der Waals surface area (Å²) in [5, 5.41) is 0. The van der Waals surface area contributed by atoms with E-state index in [-0.39, 0.29) is 10.9 Å². The maximum absolute atomic E-state index is 12.6. The number of hydrogen-bond acceptors (Lipinski definition) is 5. The first-order valence-electron chi connectivity index (χ1n) is 8.47. The van der Waals surface area contributed by atoms with Crippen molar-refractivity contribution in [3.05, 3.63) is 72.3 Å². The fourth-order valence-corrected chi connectivity index (χ4v) is 4.37. The Morgan fingerprint density at radius 1 is 1.04 bits per heavy atom. The first-order chi connectivity index (χ1) is 12.6. The summed E-state index contributed by atoms with van der Waals surface area (Å²) in [5.74, 6) is 0.667. The summed E-state index contributed by atoms with van der Waals surface area (Å²) >= 11 is 0. The molecule has 0 aliphatic heterocycles. The molecule has 0 bridgehead atoms. The van der Waals surface area contributed by atoms with Crippen LogP contribution >= 0.6 is 0 Å². The molecule has 7 heteroatoms. The van der Waals surface area contributed by atoms with E-state index in [1.165, 1.54) is 12.3 Å². The van der Waals surface area contributed by atoms with Crippen molar-refractivity contribution in [1.82, 2.24) is 19.7 Å². The molecule has 0 saturated carbocycles. The normalized spacial score (nSPS) is 16.8. The van der Waals surface area contributed by atoms with E-state index in [2.05, 4.69) is 19.7 Å². The molecule has 0 fully saturated rings. The monoisotopic (exact) mass is 366 g/mol. The van der Waals surface area contributed by atoms with Gasteiger partial charge in [0.2, 0.25) is 10.0 Å². The van der Waals surface area contributed by atoms with Crippen LogP contribution < -0.4 is 4.72 Å². The van der Waals surface area contributed by atoms with Crippen molar-refractivity contribution in [2.75, 3.05) is 0 Å². The van der Waals surface area contributed by atoms with Crippen molar-refractivity contribution in [2.45, 2.75) is 30.2 Å². The van der Waals surface area contributed by atoms with Gasteiger partial charge in [-0.05, 0) is 31.4 Å². The zero-order valence-electron chi connectivity index (χ0n) is 14.0. The third-order valence-corrected chi connectivity index (χ3v) is 5.91. The number of nitrogens with zero attached hydrogens (tertiary/aromatic N) is 3. The third-order valence-electron chi connectivity index (χ3n) is 4.46. The van der Waals surface area contributed by atoms with E-state index in [9.17, 15) is 8.42 Å². The summed E-state index contributed by atoms with van der Waals surface area (Å²) < 4.78 is 28.0. The van der Waals surface area contributed by atoms with Crippen molar-refractivity contribution in [3.8, 4) is 11.4 Å². The highest BCUT2D eigenvalue weighted by Gasteiger charge is 2.27. The van der Waals surface area contributed by atoms with Crippen LogP contribution in [0.15, 0.2) is 66.0 Å². The Morgan fingerprint density at radius 2 is 1.88 bits per heavy atom. The Hall–Kier alpha value is -2.64. The second-order valence-corrected chi connectivity index (χ2v) is 7.93. The van der Waals surface area contributed by atoms with Gasteiger partial charge in [0.25, 0.3) is 0 Å². The van der Waals surface area contributed by atoms with Gasteiger partial charge < -0.3 is 0 Å². The summed E-state index contributed by atoms with van der Waals surface area (Å²) in [5.41, 5.74) is 2.71. The highest BCUT2D eigenvalue weighted by Crippen LogP contribution is 2.30. The van der Waals surface area contributed by atoms with E-state index in [0.717, 1.165) is 36.1 Å². The molecule has 4 rings (SSSR count). The van der Waals surface area contributed by atoms with Gasteiger partial charge in [0.05, 0.1) is 6.04 Å². The molecule has 1 atom stereocenters. The molecule has 1 unspecified atom stereocenters. The molecular formula is C19H18N4O2S. The average molecular weight is 366 g/mol. The van der Waals surface area contributed by atoms with Crippen LogP contribution in [0.4, 0.5) is 0 Å². The summed E-state index contributed by atoms with van der Waals surface area (Å²) in [4.78, 5) is 13.2. The molecule has 1 N–H and O–H groups in total. The van der Waals surface area contributed by atoms with Crippen LogP contribution in [0.1, 0.15) is 30.1 Å². The van der Waals surface area contributed by atoms with Gasteiger partial charge in [-0.15, -0.1) is 0 Å². The first-order valence-corrected chi connectivity index (χ1v) is 9.95. The lowest BCUT2D eigenvalue weighted by Gasteiger charge is -2.25. The van der Waals surface area contributed by atoms with Gasteiger partial charge in [-0.3, -0.25) is 4.98 Å². The molecule has 0 amide bonds. The topological polar surface area (TPSA) is 84.8 Å². The van der Waals surface area contributed by atoms with Crippen molar-refractivity contribution in [2.24, 2.45) is 0 Å². The van der Waals surface area contributed by atoms with E-state index in [4.69, 9.17) is 0 Å². The number of benzene rings is 1. The number of hydrogen-bond donors (Lipinski definition) is 1. The standard InChI is InChI=1S/C19H18N4O2S/c24-26(25,15-8-5-11-20-12-15)23-18-10-4-9-17-16(18)13-21-19(22-17)14-6-2-1-3-7-14/h1-3,5-8,11-13,18,23H,4,9-10H2. The minimum Gasteiger partial charge on any atom is -0.263 e. The fraction of sp³-hybridized carbons (Fsp3) is 0.211. The van der Waals surface area contributed by atoms with Crippen molar-refractivity contribution in [1.29, 1.82) is 0 Å². The SMILES string of the molecule is O=S(=O)(NC1CCCc2nc(-c3ccccc3)ncc21)c1cccnc1. The maximum Gasteiger partial charge on any atom is 0.242 e. The molecule has 2 aromatic heterocycles. The zero-order chi connectivity index (χ0) is 18.0. The lowest BCUT2D eigenvalue weighted by Crippen LogP contribution is -2.31. The lowest BCUT2D eigenvalue weighted by atomic mass is 9.93. The van der Waals surface area contributed by atoms with Crippen molar-refractivity contribution in [3.63, 3.8) is 0 Å². The quantitative estimate of drug-likeness (QED) is 0.767.